The maximum absolute atomic E-state index is 5.81. The van der Waals surface area contributed by atoms with Gasteiger partial charge in [0.05, 0.1) is 0 Å². The summed E-state index contributed by atoms with van der Waals surface area (Å²) in [7, 11) is 0. The first-order valence-corrected chi connectivity index (χ1v) is 52.4. The average Bonchev–Trinajstić information content (AvgIpc) is 1.59. The number of benzene rings is 3. The summed E-state index contributed by atoms with van der Waals surface area (Å²) in [6.07, 6.45) is 81.6. The highest BCUT2D eigenvalue weighted by Crippen LogP contribution is 2.46. The van der Waals surface area contributed by atoms with Crippen LogP contribution in [0.5, 0.6) is 0 Å². The number of hydrogen-bond acceptors (Lipinski definition) is 10. The summed E-state index contributed by atoms with van der Waals surface area (Å²) in [6.45, 7) is 14.0. The highest BCUT2D eigenvalue weighted by Gasteiger charge is 2.25. The van der Waals surface area contributed by atoms with Gasteiger partial charge in [-0.1, -0.05) is 388 Å². The fourth-order valence-corrected chi connectivity index (χ4v) is 22.6. The first-order valence-electron chi connectivity index (χ1n) is 46.5. The van der Waals surface area contributed by atoms with Crippen LogP contribution in [0.4, 0.5) is 0 Å². The molecule has 4 heterocycles. The van der Waals surface area contributed by atoms with E-state index in [9.17, 15) is 0 Å². The van der Waals surface area contributed by atoms with Gasteiger partial charge in [-0.15, -0.1) is 70.6 Å². The van der Waals surface area contributed by atoms with Crippen LogP contribution in [0.15, 0.2) is 65.8 Å². The largest absolute Gasteiger partial charge is 0.324 e. The minimum atomic E-state index is 0.763. The Morgan fingerprint density at radius 2 is 0.343 bits per heavy atom. The zero-order chi connectivity index (χ0) is 75.8. The molecule has 108 heavy (non-hydrogen) atoms. The van der Waals surface area contributed by atoms with Crippen molar-refractivity contribution in [2.75, 3.05) is 34.5 Å². The number of aromatic nitrogens is 6. The van der Waals surface area contributed by atoms with E-state index in [1.165, 1.54) is 415 Å². The van der Waals surface area contributed by atoms with Gasteiger partial charge < -0.3 is 9.97 Å². The van der Waals surface area contributed by atoms with E-state index in [1.54, 1.807) is 0 Å². The Bertz CT molecular complexity index is 3120. The minimum absolute atomic E-state index is 0.763. The van der Waals surface area contributed by atoms with Crippen molar-refractivity contribution in [1.29, 1.82) is 0 Å². The van der Waals surface area contributed by atoms with Crippen molar-refractivity contribution in [3.05, 3.63) is 36.4 Å². The summed E-state index contributed by atoms with van der Waals surface area (Å²) in [5, 5.41) is 4.59. The van der Waals surface area contributed by atoms with Gasteiger partial charge in [0.2, 0.25) is 0 Å². The topological polar surface area (TPSA) is 83.1 Å². The van der Waals surface area contributed by atoms with Gasteiger partial charge in [0.15, 0.2) is 11.6 Å². The number of nitrogens with one attached hydrogen (secondary N) is 2. The van der Waals surface area contributed by atoms with Gasteiger partial charge >= 0.3 is 0 Å². The molecule has 608 valence electrons. The van der Waals surface area contributed by atoms with Crippen LogP contribution in [-0.4, -0.2) is 64.4 Å². The molecule has 0 amide bonds. The number of aromatic amines is 2. The van der Waals surface area contributed by atoms with Crippen LogP contribution in [0, 0.1) is 0 Å². The van der Waals surface area contributed by atoms with Crippen molar-refractivity contribution in [3.8, 4) is 22.8 Å². The minimum Gasteiger partial charge on any atom is -0.324 e. The predicted molar refractivity (Wildman–Crippen MR) is 494 cm³/mol. The van der Waals surface area contributed by atoms with Gasteiger partial charge in [-0.3, -0.25) is 0 Å². The normalized spacial score (nSPS) is 12.1. The molecule has 0 atom stereocenters. The third kappa shape index (κ3) is 37.2. The summed E-state index contributed by atoms with van der Waals surface area (Å²) in [6, 6.07) is 15.0. The van der Waals surface area contributed by atoms with Gasteiger partial charge in [-0.05, 0) is 109 Å². The van der Waals surface area contributed by atoms with Crippen molar-refractivity contribution in [2.24, 2.45) is 0 Å². The number of nitrogens with zero attached hydrogens (tertiary/aromatic N) is 4. The smallest absolute Gasteiger partial charge is 0.164 e. The van der Waals surface area contributed by atoms with Crippen LogP contribution in [0.1, 0.15) is 427 Å². The van der Waals surface area contributed by atoms with Crippen LogP contribution in [-0.2, 0) is 0 Å². The quantitative estimate of drug-likeness (QED) is 0.0284. The molecule has 0 fully saturated rings. The lowest BCUT2D eigenvalue weighted by atomic mass is 10.1. The van der Waals surface area contributed by atoms with Gasteiger partial charge in [-0.2, -0.15) is 0 Å². The van der Waals surface area contributed by atoms with Crippen molar-refractivity contribution < 1.29 is 0 Å². The van der Waals surface area contributed by atoms with Gasteiger partial charge in [0.25, 0.3) is 0 Å². The molecule has 6 nitrogen and oxygen atoms in total. The van der Waals surface area contributed by atoms with E-state index in [1.807, 2.05) is 0 Å². The lowest BCUT2D eigenvalue weighted by Crippen LogP contribution is -1.91. The molecule has 3 aromatic heterocycles. The summed E-state index contributed by atoms with van der Waals surface area (Å²) in [5.41, 5.74) is 5.68. The van der Waals surface area contributed by atoms with E-state index in [0.29, 0.717) is 0 Å². The maximum atomic E-state index is 5.81. The molecule has 1 aliphatic heterocycles. The van der Waals surface area contributed by atoms with Crippen molar-refractivity contribution >= 4 is 115 Å². The number of fused-ring (bicyclic) bond motifs is 15. The van der Waals surface area contributed by atoms with E-state index < -0.39 is 0 Å². The molecule has 0 unspecified atom stereocenters. The zero-order valence-electron chi connectivity index (χ0n) is 70.4. The average molecular weight is 1590 g/mol. The van der Waals surface area contributed by atoms with Gasteiger partial charge in [0, 0.05) is 62.0 Å². The van der Waals surface area contributed by atoms with Crippen LogP contribution in [0.3, 0.4) is 0 Å². The Kier molecular flexibility index (Phi) is 52.7. The fraction of sp³-hybridized carbons (Fsp3) is 0.750. The zero-order valence-corrected chi connectivity index (χ0v) is 75.3. The molecule has 0 aliphatic carbocycles. The first-order chi connectivity index (χ1) is 53.5. The van der Waals surface area contributed by atoms with Crippen LogP contribution >= 0.6 is 70.6 Å². The third-order valence-corrected chi connectivity index (χ3v) is 29.9. The molecule has 6 bridgehead atoms. The molecular weight excluding hydrogens is 1430 g/mol. The Morgan fingerprint density at radius 1 is 0.185 bits per heavy atom. The number of H-pyrrole nitrogens is 2. The molecule has 0 saturated heterocycles. The highest BCUT2D eigenvalue weighted by molar-refractivity contribution is 8.03. The lowest BCUT2D eigenvalue weighted by Gasteiger charge is -2.12. The van der Waals surface area contributed by atoms with Crippen molar-refractivity contribution in [2.45, 2.75) is 456 Å². The van der Waals surface area contributed by atoms with Gasteiger partial charge in [0.1, 0.15) is 22.6 Å². The molecule has 0 spiro atoms. The second-order valence-corrected chi connectivity index (χ2v) is 39.3. The number of hydrogen-bond donors (Lipinski definition) is 2. The van der Waals surface area contributed by atoms with Crippen LogP contribution < -0.4 is 0 Å². The summed E-state index contributed by atoms with van der Waals surface area (Å²) in [5.74, 6) is 8.34. The third-order valence-electron chi connectivity index (χ3n) is 22.6. The molecule has 6 aromatic rings. The van der Waals surface area contributed by atoms with E-state index >= 15 is 0 Å². The number of unbranched alkanes of at least 4 members (excludes halogenated alkanes) is 54. The molecule has 3 aromatic carbocycles. The van der Waals surface area contributed by atoms with Crippen LogP contribution in [0.25, 0.3) is 66.9 Å². The van der Waals surface area contributed by atoms with E-state index in [0.717, 1.165) is 101 Å². The Labute approximate surface area is 689 Å². The highest BCUT2D eigenvalue weighted by atomic mass is 32.2. The van der Waals surface area contributed by atoms with E-state index in [-0.39, 0.29) is 0 Å². The number of rotatable bonds is 72. The fourth-order valence-electron chi connectivity index (χ4n) is 15.7. The summed E-state index contributed by atoms with van der Waals surface area (Å²) >= 11 is 12.5. The Balaban J connectivity index is 1.28. The summed E-state index contributed by atoms with van der Waals surface area (Å²) in [4.78, 5) is 39.3. The van der Waals surface area contributed by atoms with Crippen LogP contribution in [0.2, 0.25) is 0 Å². The van der Waals surface area contributed by atoms with Crippen molar-refractivity contribution in [1.82, 2.24) is 29.9 Å². The second-order valence-electron chi connectivity index (χ2n) is 32.5. The standard InChI is InChI=1S/C96H158N6S6/c1-7-13-19-25-31-37-43-49-55-61-67-103-85-73-79-80(74-86(85)104-68-62-56-50-44-38-32-26-20-14-8-2)92-97-91(79)100-93-81-75-87(105-69-63-57-51-45-39-33-27-21-15-9-3)88(106-70-64-58-52-46-40-34-28-22-16-10-4)76-82(81)95(98-93)102-96-84-78-90(108-72-66-60-54-48-42-36-30-24-18-12-6)89(77-83(84)94(99-96)101-92)107-71-65-59-53-47-41-35-29-23-17-11-5/h73-78H,7-72H2,1-6H3,(H2,97,98,99,100,101,102). The second kappa shape index (κ2) is 61.2. The Morgan fingerprint density at radius 3 is 0.528 bits per heavy atom. The summed E-state index contributed by atoms with van der Waals surface area (Å²) < 4.78 is 0. The first kappa shape index (κ1) is 92.9. The molecule has 0 saturated carbocycles. The molecule has 7 rings (SSSR count). The van der Waals surface area contributed by atoms with Gasteiger partial charge in [-0.25, -0.2) is 19.9 Å². The molecule has 2 N–H and O–H groups in total. The molecule has 0 radical (unpaired) electrons. The van der Waals surface area contributed by atoms with Crippen molar-refractivity contribution in [3.63, 3.8) is 0 Å². The lowest BCUT2D eigenvalue weighted by molar-refractivity contribution is 0.563. The van der Waals surface area contributed by atoms with E-state index in [4.69, 9.17) is 19.9 Å². The monoisotopic (exact) mass is 1590 g/mol. The Hall–Kier alpha value is -2.22. The SMILES string of the molecule is CCCCCCCCCCCCSc1cc2c(cc1SCCCCCCCCCCCC)-c1nc-2nc2[nH]c(nc3[nH]c(n1)c1cc(SCCCCCCCCCCCC)c(SCCCCCCCCCCCC)cc31)c1cc(SCCCCCCCCCCCC)c(SCCCCCCCCCCCC)cc21. The number of thioether (sulfide) groups is 6. The molecule has 1 aliphatic rings. The maximum Gasteiger partial charge on any atom is 0.164 e. The molecular formula is C96H158N6S6. The van der Waals surface area contributed by atoms with E-state index in [2.05, 4.69) is 158 Å². The predicted octanol–water partition coefficient (Wildman–Crippen LogP) is 35.4. The molecule has 12 heteroatoms.